The molecule has 14 heavy (non-hydrogen) atoms. The van der Waals surface area contributed by atoms with Gasteiger partial charge in [0.15, 0.2) is 0 Å². The van der Waals surface area contributed by atoms with Crippen molar-refractivity contribution in [3.05, 3.63) is 35.9 Å². The van der Waals surface area contributed by atoms with E-state index in [9.17, 15) is 4.79 Å². The van der Waals surface area contributed by atoms with E-state index >= 15 is 0 Å². The molecule has 1 amide bonds. The maximum atomic E-state index is 11.1. The van der Waals surface area contributed by atoms with Crippen LogP contribution >= 0.6 is 0 Å². The van der Waals surface area contributed by atoms with Crippen molar-refractivity contribution >= 4 is 6.09 Å². The summed E-state index contributed by atoms with van der Waals surface area (Å²) in [5.41, 5.74) is 1.11. The summed E-state index contributed by atoms with van der Waals surface area (Å²) in [5, 5.41) is 0. The number of rotatable bonds is 2. The summed E-state index contributed by atoms with van der Waals surface area (Å²) >= 11 is 0. The molecule has 2 rings (SSSR count). The van der Waals surface area contributed by atoms with E-state index in [4.69, 9.17) is 4.74 Å². The molecule has 0 saturated carbocycles. The third-order valence-electron chi connectivity index (χ3n) is 2.01. The van der Waals surface area contributed by atoms with E-state index in [1.807, 2.05) is 24.3 Å². The number of hydrogen-bond acceptors (Lipinski definition) is 2. The molecule has 0 atom stereocenters. The van der Waals surface area contributed by atoms with E-state index in [1.165, 1.54) is 0 Å². The second-order valence-corrected chi connectivity index (χ2v) is 2.94. The van der Waals surface area contributed by atoms with Gasteiger partial charge in [0.25, 0.3) is 0 Å². The summed E-state index contributed by atoms with van der Waals surface area (Å²) < 4.78 is 4.82. The predicted molar refractivity (Wildman–Crippen MR) is 47.0 cm³/mol. The molecule has 0 radical (unpaired) electrons. The molecule has 1 aromatic carbocycles. The summed E-state index contributed by atoms with van der Waals surface area (Å²) in [7, 11) is 0. The smallest absolute Gasteiger partial charge is 0.448 e. The molecule has 1 saturated heterocycles. The van der Waals surface area contributed by atoms with Crippen molar-refractivity contribution in [2.45, 2.75) is 6.54 Å². The molecule has 1 heterocycles. The molecule has 1 aromatic rings. The van der Waals surface area contributed by atoms with Gasteiger partial charge in [-0.2, -0.15) is 30.3 Å². The fourth-order valence-electron chi connectivity index (χ4n) is 1.32. The third kappa shape index (κ3) is 2.54. The van der Waals surface area contributed by atoms with Gasteiger partial charge in [-0.1, -0.05) is 0 Å². The van der Waals surface area contributed by atoms with E-state index in [1.54, 1.807) is 4.90 Å². The predicted octanol–water partition coefficient (Wildman–Crippen LogP) is -1.56. The van der Waals surface area contributed by atoms with Crippen molar-refractivity contribution in [3.8, 4) is 0 Å². The summed E-state index contributed by atoms with van der Waals surface area (Å²) in [6, 6.07) is 10.5. The van der Waals surface area contributed by atoms with Crippen molar-refractivity contribution in [1.82, 2.24) is 4.90 Å². The molecule has 4 heteroatoms. The Balaban J connectivity index is 0.000000980. The van der Waals surface area contributed by atoms with Crippen LogP contribution in [0, 0.1) is 6.07 Å². The first-order valence-electron chi connectivity index (χ1n) is 4.23. The molecule has 0 aliphatic carbocycles. The minimum Gasteiger partial charge on any atom is -0.448 e. The molecule has 68 valence electrons. The average Bonchev–Trinajstić information content (AvgIpc) is 2.54. The molecule has 1 aliphatic heterocycles. The maximum Gasteiger partial charge on any atom is 1.00 e. The van der Waals surface area contributed by atoms with Gasteiger partial charge < -0.3 is 9.64 Å². The van der Waals surface area contributed by atoms with Crippen molar-refractivity contribution in [2.24, 2.45) is 0 Å². The van der Waals surface area contributed by atoms with Crippen LogP contribution in [0.3, 0.4) is 0 Å². The monoisotopic (exact) mass is 183 g/mol. The molecule has 0 unspecified atom stereocenters. The number of ether oxygens (including phenoxy) is 1. The van der Waals surface area contributed by atoms with Gasteiger partial charge in [0.1, 0.15) is 6.61 Å². The fraction of sp³-hybridized carbons (Fsp3) is 0.300. The van der Waals surface area contributed by atoms with Crippen LogP contribution in [0.25, 0.3) is 0 Å². The van der Waals surface area contributed by atoms with Gasteiger partial charge in [0.05, 0.1) is 6.54 Å². The Hall–Kier alpha value is -0.913. The average molecular weight is 183 g/mol. The van der Waals surface area contributed by atoms with E-state index in [2.05, 4.69) is 6.07 Å². The number of nitrogens with zero attached hydrogens (tertiary/aromatic N) is 1. The minimum absolute atomic E-state index is 0. The van der Waals surface area contributed by atoms with Crippen molar-refractivity contribution < 1.29 is 28.4 Å². The van der Waals surface area contributed by atoms with Crippen LogP contribution in [0.15, 0.2) is 24.3 Å². The van der Waals surface area contributed by atoms with Crippen LogP contribution in [0.4, 0.5) is 4.79 Å². The van der Waals surface area contributed by atoms with Crippen LogP contribution in [0.5, 0.6) is 0 Å². The maximum absolute atomic E-state index is 11.1. The van der Waals surface area contributed by atoms with Gasteiger partial charge in [-0.05, 0) is 0 Å². The molecule has 0 bridgehead atoms. The van der Waals surface area contributed by atoms with Crippen LogP contribution < -0.4 is 18.9 Å². The van der Waals surface area contributed by atoms with Crippen LogP contribution in [-0.4, -0.2) is 24.1 Å². The van der Waals surface area contributed by atoms with Gasteiger partial charge in [0, 0.05) is 6.54 Å². The second kappa shape index (κ2) is 5.09. The van der Waals surface area contributed by atoms with Gasteiger partial charge >= 0.3 is 25.0 Å². The van der Waals surface area contributed by atoms with E-state index < -0.39 is 0 Å². The molecular formula is C10H10LiNO2. The number of hydrogen-bond donors (Lipinski definition) is 0. The largest absolute Gasteiger partial charge is 1.00 e. The van der Waals surface area contributed by atoms with Gasteiger partial charge in [-0.3, -0.25) is 0 Å². The standard InChI is InChI=1S/C10H10NO2.Li/c12-10-11(6-7-13-10)8-9-4-2-1-3-5-9;/h2-5H,6-8H2;/q-1;+1. The molecule has 1 aliphatic rings. The van der Waals surface area contributed by atoms with Crippen LogP contribution in [-0.2, 0) is 11.3 Å². The molecule has 1 fully saturated rings. The Kier molecular flexibility index (Phi) is 4.06. The van der Waals surface area contributed by atoms with Crippen molar-refractivity contribution in [2.75, 3.05) is 13.2 Å². The molecule has 3 nitrogen and oxygen atoms in total. The second-order valence-electron chi connectivity index (χ2n) is 2.94. The summed E-state index contributed by atoms with van der Waals surface area (Å²) in [4.78, 5) is 12.8. The molecule has 0 N–H and O–H groups in total. The Morgan fingerprint density at radius 1 is 1.43 bits per heavy atom. The third-order valence-corrected chi connectivity index (χ3v) is 2.01. The molecule has 0 spiro atoms. The van der Waals surface area contributed by atoms with Crippen LogP contribution in [0.2, 0.25) is 0 Å². The molecule has 0 aromatic heterocycles. The zero-order valence-corrected chi connectivity index (χ0v) is 8.19. The number of cyclic esters (lactones) is 1. The zero-order valence-electron chi connectivity index (χ0n) is 8.19. The fourth-order valence-corrected chi connectivity index (χ4v) is 1.32. The number of benzene rings is 1. The Bertz CT molecular complexity index is 302. The first kappa shape index (κ1) is 11.2. The van der Waals surface area contributed by atoms with E-state index in [0.717, 1.165) is 5.56 Å². The zero-order chi connectivity index (χ0) is 9.10. The SMILES string of the molecule is O=C1OCCN1Cc1cc[c-]cc1.[Li+]. The topological polar surface area (TPSA) is 29.5 Å². The normalized spacial score (nSPS) is 14.9. The summed E-state index contributed by atoms with van der Waals surface area (Å²) in [6.45, 7) is 1.84. The van der Waals surface area contributed by atoms with Crippen molar-refractivity contribution in [1.29, 1.82) is 0 Å². The summed E-state index contributed by atoms with van der Waals surface area (Å²) in [6.07, 6.45) is -0.215. The van der Waals surface area contributed by atoms with Gasteiger partial charge in [-0.15, -0.1) is 5.56 Å². The first-order valence-corrected chi connectivity index (χ1v) is 4.23. The van der Waals surface area contributed by atoms with E-state index in [0.29, 0.717) is 19.7 Å². The number of carbonyl (C=O) groups excluding carboxylic acids is 1. The Labute approximate surface area is 95.2 Å². The van der Waals surface area contributed by atoms with Crippen LogP contribution in [0.1, 0.15) is 5.56 Å². The molecular weight excluding hydrogens is 173 g/mol. The number of carbonyl (C=O) groups is 1. The van der Waals surface area contributed by atoms with Gasteiger partial charge in [-0.25, -0.2) is 4.79 Å². The van der Waals surface area contributed by atoms with Crippen molar-refractivity contribution in [3.63, 3.8) is 0 Å². The quantitative estimate of drug-likeness (QED) is 0.410. The summed E-state index contributed by atoms with van der Waals surface area (Å²) in [5.74, 6) is 0. The minimum atomic E-state index is -0.215. The Morgan fingerprint density at radius 2 is 2.14 bits per heavy atom. The number of amides is 1. The van der Waals surface area contributed by atoms with Gasteiger partial charge in [0.2, 0.25) is 0 Å². The first-order chi connectivity index (χ1) is 6.36. The van der Waals surface area contributed by atoms with E-state index in [-0.39, 0.29) is 25.0 Å². The Morgan fingerprint density at radius 3 is 2.71 bits per heavy atom.